The van der Waals surface area contributed by atoms with E-state index in [1.165, 1.54) is 11.1 Å². The molecule has 0 aliphatic carbocycles. The van der Waals surface area contributed by atoms with Gasteiger partial charge >= 0.3 is 11.7 Å². The van der Waals surface area contributed by atoms with Gasteiger partial charge < -0.3 is 5.11 Å². The molecule has 0 saturated heterocycles. The zero-order valence-electron chi connectivity index (χ0n) is 22.9. The number of carboxylic acids is 1. The molecule has 198 valence electrons. The molecule has 0 amide bonds. The molecule has 0 fully saturated rings. The number of aryl methyl sites for hydroxylation is 3. The van der Waals surface area contributed by atoms with Gasteiger partial charge in [0, 0.05) is 18.5 Å². The van der Waals surface area contributed by atoms with E-state index in [-0.39, 0.29) is 16.8 Å². The van der Waals surface area contributed by atoms with Crippen LogP contribution in [0.4, 0.5) is 0 Å². The minimum absolute atomic E-state index is 0.0712. The smallest absolute Gasteiger partial charge is 0.354 e. The van der Waals surface area contributed by atoms with E-state index in [0.717, 1.165) is 29.8 Å². The lowest BCUT2D eigenvalue weighted by Crippen LogP contribution is -2.25. The lowest BCUT2D eigenvalue weighted by molar-refractivity contribution is 0.0689. The first-order valence-electron chi connectivity index (χ1n) is 13.1. The van der Waals surface area contributed by atoms with Gasteiger partial charge in [-0.15, -0.1) is 0 Å². The SMILES string of the molecule is CCn1c(CCCc2ccc(-c3ccc(C)c(C(=O)O)n3)cc2)nn(Cc2ccc(C(C)(C)C)cc2)c1=O. The molecule has 2 aromatic heterocycles. The van der Waals surface area contributed by atoms with Crippen molar-refractivity contribution in [1.29, 1.82) is 0 Å². The standard InChI is InChI=1S/C31H36N4O3/c1-6-34-27(33-35(30(34)38)20-23-13-17-25(18-14-23)31(3,4)5)9-7-8-22-11-15-24(16-12-22)26-19-10-21(2)28(32-26)29(36)37/h10-19H,6-9,20H2,1-5H3,(H,36,37). The topological polar surface area (TPSA) is 90.0 Å². The Bertz CT molecular complexity index is 1470. The Labute approximate surface area is 223 Å². The molecule has 0 aliphatic heterocycles. The maximum atomic E-state index is 13.0. The Morgan fingerprint density at radius 1 is 0.921 bits per heavy atom. The average molecular weight is 513 g/mol. The second-order valence-electron chi connectivity index (χ2n) is 10.8. The van der Waals surface area contributed by atoms with Crippen LogP contribution in [0, 0.1) is 6.92 Å². The summed E-state index contributed by atoms with van der Waals surface area (Å²) in [6.45, 7) is 11.3. The first kappa shape index (κ1) is 27.0. The van der Waals surface area contributed by atoms with Crippen molar-refractivity contribution in [2.24, 2.45) is 0 Å². The number of pyridine rings is 1. The molecule has 2 aromatic carbocycles. The number of benzene rings is 2. The van der Waals surface area contributed by atoms with Gasteiger partial charge in [0.25, 0.3) is 0 Å². The third-order valence-corrected chi connectivity index (χ3v) is 6.88. The van der Waals surface area contributed by atoms with Gasteiger partial charge in [-0.25, -0.2) is 19.3 Å². The second kappa shape index (κ2) is 11.2. The van der Waals surface area contributed by atoms with Gasteiger partial charge in [-0.1, -0.05) is 75.4 Å². The van der Waals surface area contributed by atoms with Crippen molar-refractivity contribution < 1.29 is 9.90 Å². The zero-order valence-corrected chi connectivity index (χ0v) is 22.9. The first-order chi connectivity index (χ1) is 18.1. The van der Waals surface area contributed by atoms with Crippen molar-refractivity contribution in [3.05, 3.63) is 105 Å². The summed E-state index contributed by atoms with van der Waals surface area (Å²) in [5.41, 5.74) is 5.76. The highest BCUT2D eigenvalue weighted by Gasteiger charge is 2.15. The van der Waals surface area contributed by atoms with E-state index in [2.05, 4.69) is 55.1 Å². The van der Waals surface area contributed by atoms with Crippen molar-refractivity contribution in [3.63, 3.8) is 0 Å². The molecule has 0 unspecified atom stereocenters. The zero-order chi connectivity index (χ0) is 27.4. The molecular weight excluding hydrogens is 476 g/mol. The predicted molar refractivity (Wildman–Crippen MR) is 150 cm³/mol. The van der Waals surface area contributed by atoms with Crippen LogP contribution in [0.5, 0.6) is 0 Å². The van der Waals surface area contributed by atoms with Crippen LogP contribution >= 0.6 is 0 Å². The fraction of sp³-hybridized carbons (Fsp3) is 0.355. The third-order valence-electron chi connectivity index (χ3n) is 6.88. The van der Waals surface area contributed by atoms with E-state index in [9.17, 15) is 14.7 Å². The van der Waals surface area contributed by atoms with Gasteiger partial charge in [0.15, 0.2) is 5.69 Å². The summed E-state index contributed by atoms with van der Waals surface area (Å²) in [6.07, 6.45) is 2.42. The average Bonchev–Trinajstić information content (AvgIpc) is 3.18. The third kappa shape index (κ3) is 6.10. The number of hydrogen-bond donors (Lipinski definition) is 1. The molecule has 1 N–H and O–H groups in total. The van der Waals surface area contributed by atoms with Crippen LogP contribution in [-0.2, 0) is 31.3 Å². The Kier molecular flexibility index (Phi) is 7.95. The quantitative estimate of drug-likeness (QED) is 0.313. The Hall–Kier alpha value is -4.00. The molecule has 4 rings (SSSR count). The minimum atomic E-state index is -1.02. The number of carbonyl (C=O) groups is 1. The van der Waals surface area contributed by atoms with Crippen LogP contribution < -0.4 is 5.69 Å². The fourth-order valence-electron chi connectivity index (χ4n) is 4.57. The van der Waals surface area contributed by atoms with Crippen molar-refractivity contribution >= 4 is 5.97 Å². The Balaban J connectivity index is 1.40. The largest absolute Gasteiger partial charge is 0.477 e. The highest BCUT2D eigenvalue weighted by atomic mass is 16.4. The lowest BCUT2D eigenvalue weighted by Gasteiger charge is -2.19. The second-order valence-corrected chi connectivity index (χ2v) is 10.8. The molecule has 0 atom stereocenters. The molecule has 2 heterocycles. The molecule has 0 aliphatic rings. The summed E-state index contributed by atoms with van der Waals surface area (Å²) in [7, 11) is 0. The van der Waals surface area contributed by atoms with E-state index in [4.69, 9.17) is 0 Å². The van der Waals surface area contributed by atoms with Crippen molar-refractivity contribution in [1.82, 2.24) is 19.3 Å². The van der Waals surface area contributed by atoms with Gasteiger partial charge in [-0.05, 0) is 60.4 Å². The van der Waals surface area contributed by atoms with Crippen molar-refractivity contribution in [3.8, 4) is 11.3 Å². The number of nitrogens with zero attached hydrogens (tertiary/aromatic N) is 4. The van der Waals surface area contributed by atoms with Crippen molar-refractivity contribution in [2.45, 2.75) is 72.4 Å². The molecular formula is C31H36N4O3. The number of aromatic nitrogens is 4. The molecule has 0 spiro atoms. The predicted octanol–water partition coefficient (Wildman–Crippen LogP) is 5.65. The highest BCUT2D eigenvalue weighted by molar-refractivity contribution is 5.87. The van der Waals surface area contributed by atoms with E-state index >= 15 is 0 Å². The van der Waals surface area contributed by atoms with Crippen LogP contribution in [0.1, 0.15) is 72.7 Å². The maximum absolute atomic E-state index is 13.0. The molecule has 4 aromatic rings. The van der Waals surface area contributed by atoms with Gasteiger partial charge in [0.05, 0.1) is 12.2 Å². The summed E-state index contributed by atoms with van der Waals surface area (Å²) in [4.78, 5) is 28.7. The maximum Gasteiger partial charge on any atom is 0.354 e. The molecule has 7 nitrogen and oxygen atoms in total. The van der Waals surface area contributed by atoms with Gasteiger partial charge in [-0.3, -0.25) is 4.57 Å². The summed E-state index contributed by atoms with van der Waals surface area (Å²) in [6, 6.07) is 20.1. The number of aromatic carboxylic acids is 1. The highest BCUT2D eigenvalue weighted by Crippen LogP contribution is 2.23. The van der Waals surface area contributed by atoms with Crippen LogP contribution in [0.15, 0.2) is 65.5 Å². The van der Waals surface area contributed by atoms with E-state index in [1.807, 2.05) is 37.3 Å². The summed E-state index contributed by atoms with van der Waals surface area (Å²) in [5, 5.41) is 14.0. The summed E-state index contributed by atoms with van der Waals surface area (Å²) in [5.74, 6) is -0.210. The first-order valence-corrected chi connectivity index (χ1v) is 13.1. The van der Waals surface area contributed by atoms with Crippen LogP contribution in [0.25, 0.3) is 11.3 Å². The summed E-state index contributed by atoms with van der Waals surface area (Å²) >= 11 is 0. The van der Waals surface area contributed by atoms with Crippen LogP contribution in [0.3, 0.4) is 0 Å². The van der Waals surface area contributed by atoms with Crippen molar-refractivity contribution in [2.75, 3.05) is 0 Å². The normalized spacial score (nSPS) is 11.6. The fourth-order valence-corrected chi connectivity index (χ4v) is 4.57. The lowest BCUT2D eigenvalue weighted by atomic mass is 9.87. The molecule has 0 radical (unpaired) electrons. The van der Waals surface area contributed by atoms with Gasteiger partial charge in [0.1, 0.15) is 5.82 Å². The Morgan fingerprint density at radius 3 is 2.18 bits per heavy atom. The molecule has 7 heteroatoms. The number of carboxylic acid groups (broad SMARTS) is 1. The van der Waals surface area contributed by atoms with Crippen LogP contribution in [-0.4, -0.2) is 30.4 Å². The van der Waals surface area contributed by atoms with E-state index < -0.39 is 5.97 Å². The monoisotopic (exact) mass is 512 g/mol. The summed E-state index contributed by atoms with van der Waals surface area (Å²) < 4.78 is 3.33. The minimum Gasteiger partial charge on any atom is -0.477 e. The van der Waals surface area contributed by atoms with Crippen LogP contribution in [0.2, 0.25) is 0 Å². The molecule has 0 saturated carbocycles. The molecule has 38 heavy (non-hydrogen) atoms. The molecule has 0 bridgehead atoms. The van der Waals surface area contributed by atoms with Gasteiger partial charge in [-0.2, -0.15) is 5.10 Å². The van der Waals surface area contributed by atoms with E-state index in [0.29, 0.717) is 30.8 Å². The number of hydrogen-bond acceptors (Lipinski definition) is 4. The Morgan fingerprint density at radius 2 is 1.58 bits per heavy atom. The number of rotatable bonds is 9. The van der Waals surface area contributed by atoms with E-state index in [1.54, 1.807) is 22.2 Å². The van der Waals surface area contributed by atoms with Gasteiger partial charge in [0.2, 0.25) is 0 Å².